The van der Waals surface area contributed by atoms with Crippen LogP contribution in [0.3, 0.4) is 0 Å². The van der Waals surface area contributed by atoms with E-state index in [0.29, 0.717) is 0 Å². The molecule has 8 aromatic carbocycles. The third kappa shape index (κ3) is 5.01. The SMILES string of the molecule is c1ccc(-c2ccc(N(c3ccc4c(c3)sc3c(-c5ccccc5)cccc34)c3cccc4oc5c(-c6ccccc6)cccc5c34)cc2)cc1. The number of para-hydroxylation sites is 1. The van der Waals surface area contributed by atoms with Gasteiger partial charge in [0, 0.05) is 42.5 Å². The van der Waals surface area contributed by atoms with Gasteiger partial charge in [0.05, 0.1) is 11.1 Å². The Morgan fingerprint density at radius 1 is 0.412 bits per heavy atom. The zero-order valence-electron chi connectivity index (χ0n) is 27.7. The van der Waals surface area contributed by atoms with Crippen molar-refractivity contribution in [1.82, 2.24) is 0 Å². The molecule has 10 rings (SSSR count). The van der Waals surface area contributed by atoms with E-state index < -0.39 is 0 Å². The molecule has 3 heteroatoms. The summed E-state index contributed by atoms with van der Waals surface area (Å²) in [5, 5.41) is 4.76. The number of hydrogen-bond acceptors (Lipinski definition) is 3. The van der Waals surface area contributed by atoms with Crippen molar-refractivity contribution in [3.63, 3.8) is 0 Å². The monoisotopic (exact) mass is 669 g/mol. The van der Waals surface area contributed by atoms with Gasteiger partial charge in [-0.2, -0.15) is 0 Å². The van der Waals surface area contributed by atoms with Crippen LogP contribution < -0.4 is 4.90 Å². The van der Waals surface area contributed by atoms with Gasteiger partial charge < -0.3 is 9.32 Å². The van der Waals surface area contributed by atoms with Gasteiger partial charge in [0.2, 0.25) is 0 Å². The summed E-state index contributed by atoms with van der Waals surface area (Å²) in [6.45, 7) is 0. The zero-order valence-corrected chi connectivity index (χ0v) is 28.5. The maximum absolute atomic E-state index is 6.72. The third-order valence-corrected chi connectivity index (χ3v) is 11.1. The Morgan fingerprint density at radius 2 is 1.00 bits per heavy atom. The van der Waals surface area contributed by atoms with Gasteiger partial charge in [-0.3, -0.25) is 0 Å². The molecule has 0 radical (unpaired) electrons. The van der Waals surface area contributed by atoms with E-state index in [1.165, 1.54) is 42.4 Å². The molecule has 0 saturated carbocycles. The summed E-state index contributed by atoms with van der Waals surface area (Å²) in [6.07, 6.45) is 0. The summed E-state index contributed by atoms with van der Waals surface area (Å²) < 4.78 is 9.29. The quantitative estimate of drug-likeness (QED) is 0.175. The minimum Gasteiger partial charge on any atom is -0.455 e. The van der Waals surface area contributed by atoms with Crippen molar-refractivity contribution in [2.45, 2.75) is 0 Å². The van der Waals surface area contributed by atoms with Crippen molar-refractivity contribution < 1.29 is 4.42 Å². The maximum Gasteiger partial charge on any atom is 0.143 e. The van der Waals surface area contributed by atoms with Crippen LogP contribution in [0.25, 0.3) is 75.5 Å². The Bertz CT molecular complexity index is 2840. The fourth-order valence-corrected chi connectivity index (χ4v) is 8.76. The number of furan rings is 1. The number of rotatable bonds is 6. The van der Waals surface area contributed by atoms with Crippen LogP contribution in [-0.2, 0) is 0 Å². The molecular weight excluding hydrogens is 639 g/mol. The highest BCUT2D eigenvalue weighted by molar-refractivity contribution is 7.26. The van der Waals surface area contributed by atoms with E-state index in [0.717, 1.165) is 50.1 Å². The molecule has 0 atom stereocenters. The van der Waals surface area contributed by atoms with Crippen LogP contribution in [0.2, 0.25) is 0 Å². The van der Waals surface area contributed by atoms with Gasteiger partial charge in [-0.25, -0.2) is 0 Å². The first kappa shape index (κ1) is 29.5. The molecule has 0 bridgehead atoms. The normalized spacial score (nSPS) is 11.5. The smallest absolute Gasteiger partial charge is 0.143 e. The molecule has 2 heterocycles. The van der Waals surface area contributed by atoms with E-state index in [1.54, 1.807) is 0 Å². The molecule has 2 aromatic heterocycles. The molecule has 0 spiro atoms. The van der Waals surface area contributed by atoms with Crippen molar-refractivity contribution in [1.29, 1.82) is 0 Å². The Hall–Kier alpha value is -6.42. The number of fused-ring (bicyclic) bond motifs is 6. The Balaban J connectivity index is 1.19. The van der Waals surface area contributed by atoms with E-state index in [2.05, 4.69) is 193 Å². The number of anilines is 3. The molecule has 51 heavy (non-hydrogen) atoms. The molecule has 0 saturated heterocycles. The van der Waals surface area contributed by atoms with Crippen molar-refractivity contribution in [2.24, 2.45) is 0 Å². The van der Waals surface area contributed by atoms with Gasteiger partial charge in [-0.15, -0.1) is 11.3 Å². The number of thiophene rings is 1. The van der Waals surface area contributed by atoms with Crippen molar-refractivity contribution in [2.75, 3.05) is 4.90 Å². The topological polar surface area (TPSA) is 16.4 Å². The first-order chi connectivity index (χ1) is 25.3. The van der Waals surface area contributed by atoms with Gasteiger partial charge in [0.25, 0.3) is 0 Å². The second kappa shape index (κ2) is 12.2. The van der Waals surface area contributed by atoms with Gasteiger partial charge in [-0.05, 0) is 64.2 Å². The van der Waals surface area contributed by atoms with E-state index in [-0.39, 0.29) is 0 Å². The van der Waals surface area contributed by atoms with E-state index in [9.17, 15) is 0 Å². The van der Waals surface area contributed by atoms with Gasteiger partial charge in [0.15, 0.2) is 0 Å². The fraction of sp³-hybridized carbons (Fsp3) is 0. The number of nitrogens with zero attached hydrogens (tertiary/aromatic N) is 1. The summed E-state index contributed by atoms with van der Waals surface area (Å²) in [5.74, 6) is 0. The van der Waals surface area contributed by atoms with Crippen molar-refractivity contribution in [3.05, 3.63) is 188 Å². The first-order valence-corrected chi connectivity index (χ1v) is 18.1. The highest BCUT2D eigenvalue weighted by atomic mass is 32.1. The Kier molecular flexibility index (Phi) is 7.04. The Morgan fingerprint density at radius 3 is 1.73 bits per heavy atom. The molecule has 0 aliphatic heterocycles. The van der Waals surface area contributed by atoms with E-state index in [1.807, 2.05) is 11.3 Å². The third-order valence-electron chi connectivity index (χ3n) is 9.88. The average molecular weight is 670 g/mol. The first-order valence-electron chi connectivity index (χ1n) is 17.3. The molecule has 0 fully saturated rings. The maximum atomic E-state index is 6.72. The predicted octanol–water partition coefficient (Wildman–Crippen LogP) is 14.4. The molecule has 2 nitrogen and oxygen atoms in total. The molecule has 10 aromatic rings. The average Bonchev–Trinajstić information content (AvgIpc) is 3.78. The van der Waals surface area contributed by atoms with E-state index in [4.69, 9.17) is 4.42 Å². The van der Waals surface area contributed by atoms with E-state index >= 15 is 0 Å². The van der Waals surface area contributed by atoms with Gasteiger partial charge >= 0.3 is 0 Å². The predicted molar refractivity (Wildman–Crippen MR) is 218 cm³/mol. The van der Waals surface area contributed by atoms with Crippen LogP contribution in [0.4, 0.5) is 17.1 Å². The lowest BCUT2D eigenvalue weighted by Crippen LogP contribution is -2.10. The lowest BCUT2D eigenvalue weighted by Gasteiger charge is -2.26. The molecule has 0 aliphatic carbocycles. The largest absolute Gasteiger partial charge is 0.455 e. The summed E-state index contributed by atoms with van der Waals surface area (Å²) in [4.78, 5) is 2.39. The van der Waals surface area contributed by atoms with Crippen LogP contribution in [0.15, 0.2) is 192 Å². The van der Waals surface area contributed by atoms with Crippen LogP contribution in [0, 0.1) is 0 Å². The molecule has 0 unspecified atom stereocenters. The summed E-state index contributed by atoms with van der Waals surface area (Å²) in [5.41, 5.74) is 12.2. The van der Waals surface area contributed by atoms with Gasteiger partial charge in [0.1, 0.15) is 11.2 Å². The number of hydrogen-bond donors (Lipinski definition) is 0. The molecule has 0 amide bonds. The second-order valence-electron chi connectivity index (χ2n) is 12.9. The highest BCUT2D eigenvalue weighted by Crippen LogP contribution is 2.47. The molecular formula is C48H31NOS. The highest BCUT2D eigenvalue weighted by Gasteiger charge is 2.22. The fourth-order valence-electron chi connectivity index (χ4n) is 7.49. The van der Waals surface area contributed by atoms with Crippen LogP contribution in [0.1, 0.15) is 0 Å². The van der Waals surface area contributed by atoms with Crippen LogP contribution >= 0.6 is 11.3 Å². The molecule has 0 aliphatic rings. The summed E-state index contributed by atoms with van der Waals surface area (Å²) in [6, 6.07) is 67.2. The lowest BCUT2D eigenvalue weighted by atomic mass is 10.0. The second-order valence-corrected chi connectivity index (χ2v) is 13.9. The Labute approximate surface area is 300 Å². The van der Waals surface area contributed by atoms with Crippen LogP contribution in [0.5, 0.6) is 0 Å². The zero-order chi connectivity index (χ0) is 33.7. The number of benzene rings is 8. The van der Waals surface area contributed by atoms with Crippen molar-refractivity contribution >= 4 is 70.5 Å². The minimum absolute atomic E-state index is 0.868. The van der Waals surface area contributed by atoms with Crippen molar-refractivity contribution in [3.8, 4) is 33.4 Å². The molecule has 0 N–H and O–H groups in total. The summed E-state index contributed by atoms with van der Waals surface area (Å²) >= 11 is 1.87. The lowest BCUT2D eigenvalue weighted by molar-refractivity contribution is 0.670. The van der Waals surface area contributed by atoms with Gasteiger partial charge in [-0.1, -0.05) is 152 Å². The van der Waals surface area contributed by atoms with Crippen LogP contribution in [-0.4, -0.2) is 0 Å². The summed E-state index contributed by atoms with van der Waals surface area (Å²) in [7, 11) is 0. The molecule has 240 valence electrons. The minimum atomic E-state index is 0.868. The standard InChI is InChI=1S/C48H31NOS/c1-4-13-32(14-5-1)33-25-27-36(28-26-33)49(37-29-30-40-41-21-11-20-39(35-17-8-3-9-18-35)48(41)51-45(40)31-37)43-23-12-24-44-46(43)42-22-10-19-38(47(42)50-44)34-15-6-2-7-16-34/h1-31H.